The Balaban J connectivity index is 1.73. The summed E-state index contributed by atoms with van der Waals surface area (Å²) in [6.45, 7) is 6.74. The molecule has 1 N–H and O–H groups in total. The summed E-state index contributed by atoms with van der Waals surface area (Å²) in [5, 5.41) is 3.76. The molecular weight excluding hydrogens is 593 g/mol. The van der Waals surface area contributed by atoms with Gasteiger partial charge in [-0.15, -0.1) is 0 Å². The van der Waals surface area contributed by atoms with Crippen LogP contribution in [0.25, 0.3) is 0 Å². The standard InChI is InChI=1S/C32H37Cl2N3O4S/c1-21-12-16-27(17-13-21)42(40,41)37(26-15-14-22(2)23(3)18-26)20-31(38)36(19-28-29(33)10-7-11-30(28)34)24(4)32(39)35-25-8-5-6-9-25/h7,10-18,24-25H,5-6,8-9,19-20H2,1-4H3,(H,35,39). The number of sulfonamides is 1. The number of nitrogens with one attached hydrogen (secondary N) is 1. The molecule has 0 saturated heterocycles. The van der Waals surface area contributed by atoms with E-state index in [1.807, 2.05) is 26.8 Å². The zero-order valence-electron chi connectivity index (χ0n) is 24.4. The lowest BCUT2D eigenvalue weighted by atomic mass is 10.1. The van der Waals surface area contributed by atoms with Crippen molar-refractivity contribution >= 4 is 50.7 Å². The van der Waals surface area contributed by atoms with Gasteiger partial charge < -0.3 is 10.2 Å². The number of nitrogens with zero attached hydrogens (tertiary/aromatic N) is 2. The average Bonchev–Trinajstić information content (AvgIpc) is 3.46. The van der Waals surface area contributed by atoms with E-state index < -0.39 is 28.5 Å². The predicted octanol–water partition coefficient (Wildman–Crippen LogP) is 6.59. The second-order valence-electron chi connectivity index (χ2n) is 11.0. The van der Waals surface area contributed by atoms with E-state index in [0.717, 1.165) is 46.7 Å². The normalized spacial score (nSPS) is 14.4. The lowest BCUT2D eigenvalue weighted by molar-refractivity contribution is -0.139. The van der Waals surface area contributed by atoms with E-state index in [9.17, 15) is 18.0 Å². The van der Waals surface area contributed by atoms with Crippen LogP contribution in [0.1, 0.15) is 54.9 Å². The van der Waals surface area contributed by atoms with Crippen LogP contribution in [0.4, 0.5) is 5.69 Å². The van der Waals surface area contributed by atoms with Crippen LogP contribution < -0.4 is 9.62 Å². The predicted molar refractivity (Wildman–Crippen MR) is 168 cm³/mol. The smallest absolute Gasteiger partial charge is 0.264 e. The molecule has 10 heteroatoms. The Kier molecular flexibility index (Phi) is 10.2. The van der Waals surface area contributed by atoms with Gasteiger partial charge in [-0.2, -0.15) is 0 Å². The highest BCUT2D eigenvalue weighted by atomic mass is 35.5. The molecule has 1 saturated carbocycles. The van der Waals surface area contributed by atoms with Crippen molar-refractivity contribution in [2.24, 2.45) is 0 Å². The molecule has 4 rings (SSSR count). The fourth-order valence-corrected chi connectivity index (χ4v) is 7.00. The van der Waals surface area contributed by atoms with Crippen molar-refractivity contribution in [3.63, 3.8) is 0 Å². The second kappa shape index (κ2) is 13.5. The second-order valence-corrected chi connectivity index (χ2v) is 13.7. The van der Waals surface area contributed by atoms with Crippen LogP contribution >= 0.6 is 23.2 Å². The maximum atomic E-state index is 14.2. The third kappa shape index (κ3) is 7.28. The van der Waals surface area contributed by atoms with Gasteiger partial charge in [0.1, 0.15) is 12.6 Å². The molecular formula is C32H37Cl2N3O4S. The van der Waals surface area contributed by atoms with Gasteiger partial charge in [0, 0.05) is 28.2 Å². The molecule has 7 nitrogen and oxygen atoms in total. The number of rotatable bonds is 10. The van der Waals surface area contributed by atoms with E-state index >= 15 is 0 Å². The lowest BCUT2D eigenvalue weighted by Crippen LogP contribution is -2.52. The highest BCUT2D eigenvalue weighted by Gasteiger charge is 2.34. The Labute approximate surface area is 258 Å². The molecule has 0 spiro atoms. The van der Waals surface area contributed by atoms with Gasteiger partial charge in [0.15, 0.2) is 0 Å². The van der Waals surface area contributed by atoms with Crippen molar-refractivity contribution in [1.82, 2.24) is 10.2 Å². The van der Waals surface area contributed by atoms with E-state index in [4.69, 9.17) is 23.2 Å². The van der Waals surface area contributed by atoms with Gasteiger partial charge in [0.05, 0.1) is 10.6 Å². The first kappa shape index (κ1) is 31.9. The van der Waals surface area contributed by atoms with E-state index in [1.165, 1.54) is 17.0 Å². The number of benzene rings is 3. The van der Waals surface area contributed by atoms with Crippen LogP contribution in [0, 0.1) is 20.8 Å². The lowest BCUT2D eigenvalue weighted by Gasteiger charge is -2.33. The van der Waals surface area contributed by atoms with Crippen molar-refractivity contribution in [2.45, 2.75) is 76.9 Å². The molecule has 42 heavy (non-hydrogen) atoms. The number of carbonyl (C=O) groups is 2. The summed E-state index contributed by atoms with van der Waals surface area (Å²) >= 11 is 12.9. The molecule has 1 unspecified atom stereocenters. The minimum atomic E-state index is -4.15. The van der Waals surface area contributed by atoms with E-state index in [0.29, 0.717) is 21.3 Å². The average molecular weight is 631 g/mol. The zero-order valence-corrected chi connectivity index (χ0v) is 26.7. The fraction of sp³-hybridized carbons (Fsp3) is 0.375. The molecule has 1 fully saturated rings. The van der Waals surface area contributed by atoms with E-state index in [2.05, 4.69) is 5.32 Å². The van der Waals surface area contributed by atoms with Crippen LogP contribution in [0.3, 0.4) is 0 Å². The molecule has 1 aliphatic rings. The number of aryl methyl sites for hydroxylation is 3. The van der Waals surface area contributed by atoms with Crippen LogP contribution in [0.5, 0.6) is 0 Å². The SMILES string of the molecule is Cc1ccc(S(=O)(=O)N(CC(=O)N(Cc2c(Cl)cccc2Cl)C(C)C(=O)NC2CCCC2)c2ccc(C)c(C)c2)cc1. The minimum Gasteiger partial charge on any atom is -0.352 e. The monoisotopic (exact) mass is 629 g/mol. The maximum absolute atomic E-state index is 14.2. The summed E-state index contributed by atoms with van der Waals surface area (Å²) < 4.78 is 29.2. The summed E-state index contributed by atoms with van der Waals surface area (Å²) in [6.07, 6.45) is 3.86. The molecule has 0 heterocycles. The number of anilines is 1. The Morgan fingerprint density at radius 1 is 0.929 bits per heavy atom. The number of carbonyl (C=O) groups excluding carboxylic acids is 2. The summed E-state index contributed by atoms with van der Waals surface area (Å²) in [4.78, 5) is 29.0. The van der Waals surface area contributed by atoms with Crippen molar-refractivity contribution in [3.05, 3.63) is 93.0 Å². The maximum Gasteiger partial charge on any atom is 0.264 e. The van der Waals surface area contributed by atoms with Gasteiger partial charge in [-0.3, -0.25) is 13.9 Å². The van der Waals surface area contributed by atoms with Crippen LogP contribution in [0.2, 0.25) is 10.0 Å². The van der Waals surface area contributed by atoms with Crippen molar-refractivity contribution in [2.75, 3.05) is 10.8 Å². The summed E-state index contributed by atoms with van der Waals surface area (Å²) in [6, 6.07) is 15.9. The quantitative estimate of drug-likeness (QED) is 0.274. The van der Waals surface area contributed by atoms with Crippen LogP contribution in [-0.4, -0.2) is 43.8 Å². The van der Waals surface area contributed by atoms with E-state index in [-0.39, 0.29) is 23.4 Å². The Bertz CT molecular complexity index is 1530. The fourth-order valence-electron chi connectivity index (χ4n) is 5.08. The summed E-state index contributed by atoms with van der Waals surface area (Å²) in [7, 11) is -4.15. The number of hydrogen-bond donors (Lipinski definition) is 1. The van der Waals surface area contributed by atoms with Gasteiger partial charge in [0.25, 0.3) is 10.0 Å². The molecule has 0 aliphatic heterocycles. The highest BCUT2D eigenvalue weighted by Crippen LogP contribution is 2.29. The third-order valence-electron chi connectivity index (χ3n) is 7.93. The first-order chi connectivity index (χ1) is 19.9. The first-order valence-corrected chi connectivity index (χ1v) is 16.3. The summed E-state index contributed by atoms with van der Waals surface area (Å²) in [5.74, 6) is -0.869. The highest BCUT2D eigenvalue weighted by molar-refractivity contribution is 7.92. The number of amides is 2. The van der Waals surface area contributed by atoms with Crippen LogP contribution in [-0.2, 0) is 26.2 Å². The molecule has 1 atom stereocenters. The zero-order chi connectivity index (χ0) is 30.6. The van der Waals surface area contributed by atoms with Crippen LogP contribution in [0.15, 0.2) is 65.6 Å². The van der Waals surface area contributed by atoms with Crippen molar-refractivity contribution < 1.29 is 18.0 Å². The summed E-state index contributed by atoms with van der Waals surface area (Å²) in [5.41, 5.74) is 3.62. The Morgan fingerprint density at radius 2 is 1.55 bits per heavy atom. The minimum absolute atomic E-state index is 0.0507. The van der Waals surface area contributed by atoms with Gasteiger partial charge in [-0.1, -0.05) is 65.9 Å². The Morgan fingerprint density at radius 3 is 2.14 bits per heavy atom. The molecule has 1 aliphatic carbocycles. The molecule has 0 radical (unpaired) electrons. The van der Waals surface area contributed by atoms with Gasteiger partial charge in [-0.05, 0) is 88.1 Å². The van der Waals surface area contributed by atoms with E-state index in [1.54, 1.807) is 49.4 Å². The number of hydrogen-bond acceptors (Lipinski definition) is 4. The van der Waals surface area contributed by atoms with Gasteiger partial charge in [-0.25, -0.2) is 8.42 Å². The van der Waals surface area contributed by atoms with Gasteiger partial charge in [0.2, 0.25) is 11.8 Å². The molecule has 2 amide bonds. The molecule has 224 valence electrons. The van der Waals surface area contributed by atoms with Crippen molar-refractivity contribution in [3.8, 4) is 0 Å². The molecule has 3 aromatic carbocycles. The molecule has 0 bridgehead atoms. The first-order valence-electron chi connectivity index (χ1n) is 14.1. The molecule has 0 aromatic heterocycles. The third-order valence-corrected chi connectivity index (χ3v) is 10.4. The molecule has 3 aromatic rings. The van der Waals surface area contributed by atoms with Crippen molar-refractivity contribution in [1.29, 1.82) is 0 Å². The van der Waals surface area contributed by atoms with Gasteiger partial charge >= 0.3 is 0 Å². The largest absolute Gasteiger partial charge is 0.352 e. The topological polar surface area (TPSA) is 86.8 Å². The Hall–Kier alpha value is -3.07. The number of halogens is 2.